The molecule has 0 spiro atoms. The van der Waals surface area contributed by atoms with E-state index in [-0.39, 0.29) is 24.5 Å². The number of halogens is 3. The molecule has 0 bridgehead atoms. The van der Waals surface area contributed by atoms with Crippen molar-refractivity contribution in [3.63, 3.8) is 0 Å². The van der Waals surface area contributed by atoms with E-state index in [9.17, 15) is 13.2 Å². The number of hydrogen-bond donors (Lipinski definition) is 1. The van der Waals surface area contributed by atoms with Crippen LogP contribution in [0, 0.1) is 29.3 Å². The van der Waals surface area contributed by atoms with E-state index in [2.05, 4.69) is 11.8 Å². The second kappa shape index (κ2) is 6.82. The summed E-state index contributed by atoms with van der Waals surface area (Å²) in [7, 11) is 0. The van der Waals surface area contributed by atoms with E-state index in [1.807, 2.05) is 0 Å². The summed E-state index contributed by atoms with van der Waals surface area (Å²) in [6.07, 6.45) is 0. The minimum absolute atomic E-state index is 0.0611. The van der Waals surface area contributed by atoms with Crippen LogP contribution in [0.2, 0.25) is 0 Å². The molecule has 0 unspecified atom stereocenters. The van der Waals surface area contributed by atoms with Crippen molar-refractivity contribution in [2.45, 2.75) is 6.61 Å². The minimum Gasteiger partial charge on any atom is -0.486 e. The van der Waals surface area contributed by atoms with E-state index in [1.54, 1.807) is 0 Å². The van der Waals surface area contributed by atoms with Crippen molar-refractivity contribution in [3.05, 3.63) is 65.0 Å². The first kappa shape index (κ1) is 14.9. The zero-order valence-corrected chi connectivity index (χ0v) is 10.9. The molecule has 5 heteroatoms. The van der Waals surface area contributed by atoms with Gasteiger partial charge in [-0.3, -0.25) is 0 Å². The number of ether oxygens (including phenoxy) is 1. The fourth-order valence-corrected chi connectivity index (χ4v) is 1.65. The lowest BCUT2D eigenvalue weighted by atomic mass is 10.1. The van der Waals surface area contributed by atoms with Gasteiger partial charge in [-0.05, 0) is 29.8 Å². The first-order chi connectivity index (χ1) is 10.1. The average molecular weight is 292 g/mol. The van der Waals surface area contributed by atoms with Gasteiger partial charge < -0.3 is 9.84 Å². The van der Waals surface area contributed by atoms with Crippen molar-refractivity contribution in [3.8, 4) is 17.6 Å². The van der Waals surface area contributed by atoms with Gasteiger partial charge in [0.15, 0.2) is 11.6 Å². The Balaban J connectivity index is 2.15. The molecular formula is C16H11F3O2. The maximum Gasteiger partial charge on any atom is 0.200 e. The molecule has 0 fully saturated rings. The Kier molecular flexibility index (Phi) is 4.85. The van der Waals surface area contributed by atoms with E-state index in [0.29, 0.717) is 5.56 Å². The molecule has 21 heavy (non-hydrogen) atoms. The summed E-state index contributed by atoms with van der Waals surface area (Å²) in [4.78, 5) is 0. The van der Waals surface area contributed by atoms with Crippen LogP contribution in [0.5, 0.6) is 5.75 Å². The third-order valence-electron chi connectivity index (χ3n) is 2.64. The number of aliphatic hydroxyl groups excluding tert-OH is 1. The molecule has 0 radical (unpaired) electrons. The number of rotatable bonds is 3. The molecule has 0 aromatic heterocycles. The van der Waals surface area contributed by atoms with Gasteiger partial charge in [-0.2, -0.15) is 4.39 Å². The summed E-state index contributed by atoms with van der Waals surface area (Å²) >= 11 is 0. The van der Waals surface area contributed by atoms with E-state index < -0.39 is 17.5 Å². The van der Waals surface area contributed by atoms with Gasteiger partial charge in [-0.1, -0.05) is 24.0 Å². The Morgan fingerprint density at radius 1 is 1.05 bits per heavy atom. The average Bonchev–Trinajstić information content (AvgIpc) is 2.49. The van der Waals surface area contributed by atoms with Crippen LogP contribution < -0.4 is 4.74 Å². The van der Waals surface area contributed by atoms with Crippen molar-refractivity contribution < 1.29 is 23.0 Å². The molecule has 0 saturated carbocycles. The molecule has 0 aliphatic heterocycles. The zero-order chi connectivity index (χ0) is 15.2. The lowest BCUT2D eigenvalue weighted by Gasteiger charge is -2.08. The minimum atomic E-state index is -1.07. The van der Waals surface area contributed by atoms with Crippen LogP contribution >= 0.6 is 0 Å². The maximum atomic E-state index is 13.4. The molecule has 2 aromatic rings. The fraction of sp³-hybridized carbons (Fsp3) is 0.125. The zero-order valence-electron chi connectivity index (χ0n) is 10.9. The van der Waals surface area contributed by atoms with Gasteiger partial charge in [0.05, 0.1) is 5.56 Å². The smallest absolute Gasteiger partial charge is 0.200 e. The summed E-state index contributed by atoms with van der Waals surface area (Å²) < 4.78 is 45.0. The van der Waals surface area contributed by atoms with E-state index >= 15 is 0 Å². The summed E-state index contributed by atoms with van der Waals surface area (Å²) in [6, 6.07) is 7.70. The van der Waals surface area contributed by atoms with Crippen LogP contribution in [0.3, 0.4) is 0 Å². The predicted octanol–water partition coefficient (Wildman–Crippen LogP) is 3.03. The summed E-state index contributed by atoms with van der Waals surface area (Å²) in [5.41, 5.74) is 0.646. The Bertz CT molecular complexity index is 702. The van der Waals surface area contributed by atoms with Gasteiger partial charge in [-0.15, -0.1) is 0 Å². The predicted molar refractivity (Wildman–Crippen MR) is 71.1 cm³/mol. The Morgan fingerprint density at radius 3 is 2.62 bits per heavy atom. The molecule has 0 saturated heterocycles. The molecular weight excluding hydrogens is 281 g/mol. The Morgan fingerprint density at radius 2 is 1.86 bits per heavy atom. The highest BCUT2D eigenvalue weighted by Gasteiger charge is 2.09. The van der Waals surface area contributed by atoms with Crippen molar-refractivity contribution in [1.82, 2.24) is 0 Å². The SMILES string of the molecule is OCC#Cc1cc(COc2cccc(F)c2F)ccc1F. The standard InChI is InChI=1S/C16H11F3O2/c17-13-7-6-11(9-12(13)3-2-8-20)10-21-15-5-1-4-14(18)16(15)19/h1,4-7,9,20H,8,10H2. The highest BCUT2D eigenvalue weighted by Crippen LogP contribution is 2.20. The van der Waals surface area contributed by atoms with Crippen LogP contribution in [-0.2, 0) is 6.61 Å². The summed E-state index contributed by atoms with van der Waals surface area (Å²) in [5, 5.41) is 8.60. The monoisotopic (exact) mass is 292 g/mol. The highest BCUT2D eigenvalue weighted by atomic mass is 19.2. The molecule has 108 valence electrons. The molecule has 2 aromatic carbocycles. The van der Waals surface area contributed by atoms with Crippen LogP contribution in [0.25, 0.3) is 0 Å². The lowest BCUT2D eigenvalue weighted by molar-refractivity contribution is 0.284. The van der Waals surface area contributed by atoms with Crippen molar-refractivity contribution >= 4 is 0 Å². The number of benzene rings is 2. The molecule has 0 aliphatic rings. The first-order valence-corrected chi connectivity index (χ1v) is 6.07. The molecule has 0 amide bonds. The second-order valence-corrected chi connectivity index (χ2v) is 4.11. The second-order valence-electron chi connectivity index (χ2n) is 4.11. The number of hydrogen-bond acceptors (Lipinski definition) is 2. The molecule has 2 nitrogen and oxygen atoms in total. The van der Waals surface area contributed by atoms with Crippen LogP contribution in [-0.4, -0.2) is 11.7 Å². The van der Waals surface area contributed by atoms with Crippen LogP contribution in [0.15, 0.2) is 36.4 Å². The highest BCUT2D eigenvalue weighted by molar-refractivity contribution is 5.38. The third kappa shape index (κ3) is 3.77. The van der Waals surface area contributed by atoms with Crippen LogP contribution in [0.1, 0.15) is 11.1 Å². The number of aliphatic hydroxyl groups is 1. The Hall–Kier alpha value is -2.45. The molecule has 2 rings (SSSR count). The lowest BCUT2D eigenvalue weighted by Crippen LogP contribution is -2.00. The fourth-order valence-electron chi connectivity index (χ4n) is 1.65. The topological polar surface area (TPSA) is 29.5 Å². The van der Waals surface area contributed by atoms with Crippen LogP contribution in [0.4, 0.5) is 13.2 Å². The Labute approximate surface area is 119 Å². The largest absolute Gasteiger partial charge is 0.486 e. The molecule has 1 N–H and O–H groups in total. The van der Waals surface area contributed by atoms with E-state index in [0.717, 1.165) is 6.07 Å². The summed E-state index contributed by atoms with van der Waals surface area (Å²) in [5.74, 6) is 1.98. The van der Waals surface area contributed by atoms with Crippen molar-refractivity contribution in [2.75, 3.05) is 6.61 Å². The molecule has 0 heterocycles. The first-order valence-electron chi connectivity index (χ1n) is 6.07. The van der Waals surface area contributed by atoms with Gasteiger partial charge in [0.25, 0.3) is 0 Å². The van der Waals surface area contributed by atoms with Gasteiger partial charge in [-0.25, -0.2) is 8.78 Å². The molecule has 0 atom stereocenters. The van der Waals surface area contributed by atoms with E-state index in [4.69, 9.17) is 9.84 Å². The van der Waals surface area contributed by atoms with E-state index in [1.165, 1.54) is 30.3 Å². The van der Waals surface area contributed by atoms with Gasteiger partial charge in [0.1, 0.15) is 19.0 Å². The third-order valence-corrected chi connectivity index (χ3v) is 2.64. The van der Waals surface area contributed by atoms with Gasteiger partial charge in [0.2, 0.25) is 5.82 Å². The molecule has 0 aliphatic carbocycles. The van der Waals surface area contributed by atoms with Gasteiger partial charge >= 0.3 is 0 Å². The normalized spacial score (nSPS) is 9.90. The summed E-state index contributed by atoms with van der Waals surface area (Å²) in [6.45, 7) is -0.441. The van der Waals surface area contributed by atoms with Crippen molar-refractivity contribution in [2.24, 2.45) is 0 Å². The maximum absolute atomic E-state index is 13.4. The van der Waals surface area contributed by atoms with Crippen molar-refractivity contribution in [1.29, 1.82) is 0 Å². The quantitative estimate of drug-likeness (QED) is 0.881. The van der Waals surface area contributed by atoms with Gasteiger partial charge in [0, 0.05) is 0 Å².